The predicted molar refractivity (Wildman–Crippen MR) is 105 cm³/mol. The second-order valence-electron chi connectivity index (χ2n) is 6.67. The molecule has 1 aromatic heterocycles. The third-order valence-electron chi connectivity index (χ3n) is 4.83. The molecule has 6 nitrogen and oxygen atoms in total. The summed E-state index contributed by atoms with van der Waals surface area (Å²) in [6.45, 7) is 0.565. The first kappa shape index (κ1) is 17.9. The number of benzene rings is 2. The zero-order chi connectivity index (χ0) is 19.5. The van der Waals surface area contributed by atoms with E-state index in [4.69, 9.17) is 0 Å². The Hall–Kier alpha value is -3.54. The fraction of sp³-hybridized carbons (Fsp3) is 0.182. The molecule has 3 amide bonds. The molecule has 0 bridgehead atoms. The van der Waals surface area contributed by atoms with E-state index >= 15 is 0 Å². The number of amides is 3. The van der Waals surface area contributed by atoms with Gasteiger partial charge in [-0.1, -0.05) is 30.3 Å². The number of aromatic nitrogens is 1. The van der Waals surface area contributed by atoms with Crippen molar-refractivity contribution in [1.29, 1.82) is 0 Å². The van der Waals surface area contributed by atoms with E-state index in [1.807, 2.05) is 42.5 Å². The number of hydrogen-bond donors (Lipinski definition) is 1. The number of imide groups is 1. The van der Waals surface area contributed by atoms with Crippen LogP contribution >= 0.6 is 0 Å². The van der Waals surface area contributed by atoms with Crippen molar-refractivity contribution in [3.05, 3.63) is 77.6 Å². The second kappa shape index (κ2) is 7.60. The van der Waals surface area contributed by atoms with Gasteiger partial charge in [-0.2, -0.15) is 0 Å². The number of rotatable bonds is 6. The average Bonchev–Trinajstić information content (AvgIpc) is 2.73. The van der Waals surface area contributed by atoms with Crippen LogP contribution in [0.2, 0.25) is 0 Å². The van der Waals surface area contributed by atoms with Gasteiger partial charge in [-0.25, -0.2) is 0 Å². The first-order chi connectivity index (χ1) is 13.6. The fourth-order valence-corrected chi connectivity index (χ4v) is 3.46. The van der Waals surface area contributed by atoms with Crippen molar-refractivity contribution in [1.82, 2.24) is 15.2 Å². The van der Waals surface area contributed by atoms with Gasteiger partial charge in [0.15, 0.2) is 0 Å². The van der Waals surface area contributed by atoms with E-state index in [2.05, 4.69) is 10.3 Å². The molecule has 1 aliphatic heterocycles. The molecule has 1 aliphatic rings. The zero-order valence-electron chi connectivity index (χ0n) is 15.2. The SMILES string of the molecule is O=C(CCCN1C(=O)c2cccc3cccc(c23)C1=O)NCc1ccccn1. The van der Waals surface area contributed by atoms with Gasteiger partial charge in [0.2, 0.25) is 5.91 Å². The number of nitrogens with one attached hydrogen (secondary N) is 1. The Kier molecular flexibility index (Phi) is 4.85. The molecule has 0 spiro atoms. The molecule has 0 fully saturated rings. The topological polar surface area (TPSA) is 79.4 Å². The Bertz CT molecular complexity index is 1010. The van der Waals surface area contributed by atoms with E-state index in [-0.39, 0.29) is 30.7 Å². The van der Waals surface area contributed by atoms with Crippen LogP contribution in [0.4, 0.5) is 0 Å². The van der Waals surface area contributed by atoms with Crippen LogP contribution in [0.1, 0.15) is 39.3 Å². The lowest BCUT2D eigenvalue weighted by atomic mass is 9.94. The van der Waals surface area contributed by atoms with Crippen molar-refractivity contribution in [2.24, 2.45) is 0 Å². The normalized spacial score (nSPS) is 13.1. The minimum Gasteiger partial charge on any atom is -0.350 e. The molecule has 2 aromatic carbocycles. The Labute approximate surface area is 162 Å². The summed E-state index contributed by atoms with van der Waals surface area (Å²) in [6, 6.07) is 16.4. The van der Waals surface area contributed by atoms with Gasteiger partial charge in [-0.05, 0) is 36.1 Å². The molecule has 0 atom stereocenters. The zero-order valence-corrected chi connectivity index (χ0v) is 15.2. The largest absolute Gasteiger partial charge is 0.350 e. The highest BCUT2D eigenvalue weighted by Gasteiger charge is 2.32. The van der Waals surface area contributed by atoms with Crippen molar-refractivity contribution in [3.8, 4) is 0 Å². The van der Waals surface area contributed by atoms with E-state index in [0.717, 1.165) is 11.1 Å². The molecule has 2 heterocycles. The molecule has 0 radical (unpaired) electrons. The summed E-state index contributed by atoms with van der Waals surface area (Å²) in [4.78, 5) is 43.0. The van der Waals surface area contributed by atoms with Crippen LogP contribution in [-0.4, -0.2) is 34.2 Å². The average molecular weight is 373 g/mol. The maximum absolute atomic E-state index is 12.8. The number of pyridine rings is 1. The Morgan fingerprint density at radius 2 is 1.64 bits per heavy atom. The lowest BCUT2D eigenvalue weighted by Gasteiger charge is -2.27. The van der Waals surface area contributed by atoms with Crippen molar-refractivity contribution < 1.29 is 14.4 Å². The first-order valence-corrected chi connectivity index (χ1v) is 9.19. The van der Waals surface area contributed by atoms with Gasteiger partial charge in [0, 0.05) is 35.7 Å². The molecule has 0 saturated carbocycles. The monoisotopic (exact) mass is 373 g/mol. The van der Waals surface area contributed by atoms with Crippen LogP contribution in [0.3, 0.4) is 0 Å². The van der Waals surface area contributed by atoms with Crippen molar-refractivity contribution in [2.75, 3.05) is 6.54 Å². The summed E-state index contributed by atoms with van der Waals surface area (Å²) in [5.74, 6) is -0.739. The van der Waals surface area contributed by atoms with Crippen molar-refractivity contribution in [2.45, 2.75) is 19.4 Å². The van der Waals surface area contributed by atoms with E-state index < -0.39 is 0 Å². The first-order valence-electron chi connectivity index (χ1n) is 9.19. The number of carbonyl (C=O) groups is 3. The lowest BCUT2D eigenvalue weighted by molar-refractivity contribution is -0.121. The van der Waals surface area contributed by atoms with Crippen LogP contribution < -0.4 is 5.32 Å². The molecule has 4 rings (SSSR count). The van der Waals surface area contributed by atoms with Gasteiger partial charge in [0.05, 0.1) is 12.2 Å². The summed E-state index contributed by atoms with van der Waals surface area (Å²) in [5, 5.41) is 4.39. The summed E-state index contributed by atoms with van der Waals surface area (Å²) in [5.41, 5.74) is 1.85. The summed E-state index contributed by atoms with van der Waals surface area (Å²) >= 11 is 0. The summed E-state index contributed by atoms with van der Waals surface area (Å²) in [6.07, 6.45) is 2.31. The fourth-order valence-electron chi connectivity index (χ4n) is 3.46. The predicted octanol–water partition coefficient (Wildman–Crippen LogP) is 2.93. The molecule has 140 valence electrons. The van der Waals surface area contributed by atoms with Gasteiger partial charge in [0.1, 0.15) is 0 Å². The standard InChI is InChI=1S/C22H19N3O3/c26-19(24-14-16-8-1-2-12-23-16)11-5-13-25-21(27)17-9-3-6-15-7-4-10-18(20(15)17)22(25)28/h1-4,6-10,12H,5,11,13-14H2,(H,24,26). The molecular weight excluding hydrogens is 354 g/mol. The summed E-state index contributed by atoms with van der Waals surface area (Å²) in [7, 11) is 0. The molecule has 0 unspecified atom stereocenters. The molecule has 0 aliphatic carbocycles. The van der Waals surface area contributed by atoms with Crippen LogP contribution in [-0.2, 0) is 11.3 Å². The van der Waals surface area contributed by atoms with Crippen LogP contribution in [0.5, 0.6) is 0 Å². The van der Waals surface area contributed by atoms with Gasteiger partial charge in [-0.15, -0.1) is 0 Å². The smallest absolute Gasteiger partial charge is 0.261 e. The van der Waals surface area contributed by atoms with Crippen molar-refractivity contribution in [3.63, 3.8) is 0 Å². The molecule has 1 N–H and O–H groups in total. The van der Waals surface area contributed by atoms with E-state index in [1.165, 1.54) is 4.90 Å². The van der Waals surface area contributed by atoms with Crippen LogP contribution in [0.15, 0.2) is 60.8 Å². The molecular formula is C22H19N3O3. The van der Waals surface area contributed by atoms with Gasteiger partial charge >= 0.3 is 0 Å². The van der Waals surface area contributed by atoms with Crippen LogP contribution in [0.25, 0.3) is 10.8 Å². The minimum atomic E-state index is -0.303. The third kappa shape index (κ3) is 3.36. The van der Waals surface area contributed by atoms with Crippen molar-refractivity contribution >= 4 is 28.5 Å². The maximum Gasteiger partial charge on any atom is 0.261 e. The van der Waals surface area contributed by atoms with Gasteiger partial charge in [0.25, 0.3) is 11.8 Å². The summed E-state index contributed by atoms with van der Waals surface area (Å²) < 4.78 is 0. The molecule has 28 heavy (non-hydrogen) atoms. The Balaban J connectivity index is 1.39. The Morgan fingerprint density at radius 1 is 0.929 bits per heavy atom. The number of hydrogen-bond acceptors (Lipinski definition) is 4. The van der Waals surface area contributed by atoms with Crippen LogP contribution in [0, 0.1) is 0 Å². The maximum atomic E-state index is 12.8. The number of nitrogens with zero attached hydrogens (tertiary/aromatic N) is 2. The highest BCUT2D eigenvalue weighted by Crippen LogP contribution is 2.29. The third-order valence-corrected chi connectivity index (χ3v) is 4.83. The van der Waals surface area contributed by atoms with E-state index in [1.54, 1.807) is 18.3 Å². The van der Waals surface area contributed by atoms with Gasteiger partial charge in [-0.3, -0.25) is 24.3 Å². The lowest BCUT2D eigenvalue weighted by Crippen LogP contribution is -2.41. The van der Waals surface area contributed by atoms with Gasteiger partial charge < -0.3 is 5.32 Å². The van der Waals surface area contributed by atoms with E-state index in [0.29, 0.717) is 29.5 Å². The molecule has 3 aromatic rings. The highest BCUT2D eigenvalue weighted by atomic mass is 16.2. The molecule has 6 heteroatoms. The minimum absolute atomic E-state index is 0.134. The Morgan fingerprint density at radius 3 is 2.29 bits per heavy atom. The van der Waals surface area contributed by atoms with E-state index in [9.17, 15) is 14.4 Å². The quantitative estimate of drug-likeness (QED) is 0.674. The second-order valence-corrected chi connectivity index (χ2v) is 6.67. The number of carbonyl (C=O) groups excluding carboxylic acids is 3. The molecule has 0 saturated heterocycles. The highest BCUT2D eigenvalue weighted by molar-refractivity contribution is 6.25.